The molecular formula is C24H18Cl2N2O4. The van der Waals surface area contributed by atoms with E-state index >= 15 is 0 Å². The molecule has 0 heterocycles. The Labute approximate surface area is 195 Å². The quantitative estimate of drug-likeness (QED) is 0.154. The van der Waals surface area contributed by atoms with Crippen molar-refractivity contribution in [3.63, 3.8) is 0 Å². The van der Waals surface area contributed by atoms with E-state index in [9.17, 15) is 15.4 Å². The molecule has 0 saturated heterocycles. The maximum absolute atomic E-state index is 10.8. The van der Waals surface area contributed by atoms with Crippen molar-refractivity contribution in [2.75, 3.05) is 6.61 Å². The molecule has 0 amide bonds. The molecule has 0 saturated carbocycles. The molecule has 0 atom stereocenters. The van der Waals surface area contributed by atoms with Crippen LogP contribution in [0.3, 0.4) is 0 Å². The van der Waals surface area contributed by atoms with Crippen molar-refractivity contribution in [1.82, 2.24) is 0 Å². The largest absolute Gasteiger partial charge is 0.490 e. The first-order valence-electron chi connectivity index (χ1n) is 9.61. The van der Waals surface area contributed by atoms with Crippen molar-refractivity contribution in [3.8, 4) is 17.6 Å². The fourth-order valence-corrected chi connectivity index (χ4v) is 3.37. The lowest BCUT2D eigenvalue weighted by molar-refractivity contribution is -0.384. The average Bonchev–Trinajstić information content (AvgIpc) is 2.78. The Morgan fingerprint density at radius 3 is 2.44 bits per heavy atom. The Morgan fingerprint density at radius 1 is 1.06 bits per heavy atom. The molecule has 0 aromatic heterocycles. The summed E-state index contributed by atoms with van der Waals surface area (Å²) in [4.78, 5) is 10.4. The van der Waals surface area contributed by atoms with Gasteiger partial charge >= 0.3 is 0 Å². The van der Waals surface area contributed by atoms with Crippen LogP contribution in [-0.4, -0.2) is 11.5 Å². The highest BCUT2D eigenvalue weighted by Gasteiger charge is 2.10. The van der Waals surface area contributed by atoms with Crippen LogP contribution in [0, 0.1) is 21.4 Å². The maximum atomic E-state index is 10.8. The van der Waals surface area contributed by atoms with Crippen molar-refractivity contribution in [1.29, 1.82) is 5.26 Å². The van der Waals surface area contributed by atoms with Gasteiger partial charge in [0.1, 0.15) is 6.61 Å². The molecule has 162 valence electrons. The second kappa shape index (κ2) is 10.7. The molecule has 0 fully saturated rings. The fraction of sp³-hybridized carbons (Fsp3) is 0.125. The molecular weight excluding hydrogens is 451 g/mol. The highest BCUT2D eigenvalue weighted by molar-refractivity contribution is 6.35. The Balaban J connectivity index is 1.85. The second-order valence-corrected chi connectivity index (χ2v) is 7.48. The molecule has 32 heavy (non-hydrogen) atoms. The van der Waals surface area contributed by atoms with Crippen LogP contribution in [0.2, 0.25) is 10.0 Å². The van der Waals surface area contributed by atoms with Gasteiger partial charge in [0.05, 0.1) is 23.2 Å². The summed E-state index contributed by atoms with van der Waals surface area (Å²) in [5.74, 6) is 1.05. The highest BCUT2D eigenvalue weighted by Crippen LogP contribution is 2.32. The third-order valence-electron chi connectivity index (χ3n) is 4.49. The maximum Gasteiger partial charge on any atom is 0.269 e. The number of nitrogens with zero attached hydrogens (tertiary/aromatic N) is 2. The number of halogens is 2. The zero-order valence-corrected chi connectivity index (χ0v) is 18.6. The zero-order chi connectivity index (χ0) is 23.1. The molecule has 0 bridgehead atoms. The summed E-state index contributed by atoms with van der Waals surface area (Å²) in [5.41, 5.74) is 2.41. The topological polar surface area (TPSA) is 85.4 Å². The lowest BCUT2D eigenvalue weighted by atomic mass is 10.0. The molecule has 0 radical (unpaired) electrons. The average molecular weight is 469 g/mol. The van der Waals surface area contributed by atoms with Gasteiger partial charge in [0.2, 0.25) is 0 Å². The summed E-state index contributed by atoms with van der Waals surface area (Å²) in [6.45, 7) is 2.52. The van der Waals surface area contributed by atoms with Crippen LogP contribution in [0.15, 0.2) is 60.7 Å². The Bertz CT molecular complexity index is 1200. The molecule has 0 N–H and O–H groups in total. The van der Waals surface area contributed by atoms with E-state index in [1.54, 1.807) is 54.6 Å². The lowest BCUT2D eigenvalue weighted by Gasteiger charge is -2.13. The van der Waals surface area contributed by atoms with E-state index in [0.717, 1.165) is 11.1 Å². The number of hydrogen-bond acceptors (Lipinski definition) is 5. The van der Waals surface area contributed by atoms with Gasteiger partial charge in [-0.15, -0.1) is 0 Å². The number of nitro benzene ring substituents is 1. The first-order valence-corrected chi connectivity index (χ1v) is 10.4. The first-order chi connectivity index (χ1) is 15.4. The van der Waals surface area contributed by atoms with Gasteiger partial charge in [0.25, 0.3) is 5.69 Å². The number of allylic oxidation sites excluding steroid dienone is 1. The van der Waals surface area contributed by atoms with Gasteiger partial charge in [0.15, 0.2) is 11.5 Å². The van der Waals surface area contributed by atoms with E-state index in [1.807, 2.05) is 6.92 Å². The minimum Gasteiger partial charge on any atom is -0.490 e. The van der Waals surface area contributed by atoms with E-state index in [1.165, 1.54) is 12.1 Å². The first kappa shape index (κ1) is 23.1. The molecule has 3 aromatic rings. The second-order valence-electron chi connectivity index (χ2n) is 6.64. The number of ether oxygens (including phenoxy) is 2. The van der Waals surface area contributed by atoms with E-state index in [4.69, 9.17) is 32.7 Å². The summed E-state index contributed by atoms with van der Waals surface area (Å²) in [6, 6.07) is 18.5. The summed E-state index contributed by atoms with van der Waals surface area (Å²) in [7, 11) is 0. The highest BCUT2D eigenvalue weighted by atomic mass is 35.5. The van der Waals surface area contributed by atoms with Crippen LogP contribution in [0.25, 0.3) is 11.6 Å². The number of rotatable bonds is 8. The van der Waals surface area contributed by atoms with Crippen LogP contribution in [0.1, 0.15) is 23.6 Å². The predicted octanol–water partition coefficient (Wildman–Crippen LogP) is 6.94. The minimum atomic E-state index is -0.482. The number of benzene rings is 3. The summed E-state index contributed by atoms with van der Waals surface area (Å²) < 4.78 is 11.6. The van der Waals surface area contributed by atoms with Crippen molar-refractivity contribution in [2.45, 2.75) is 13.5 Å². The van der Waals surface area contributed by atoms with Crippen LogP contribution < -0.4 is 9.47 Å². The lowest BCUT2D eigenvalue weighted by Crippen LogP contribution is -2.00. The third kappa shape index (κ3) is 5.79. The summed E-state index contributed by atoms with van der Waals surface area (Å²) >= 11 is 12.1. The summed E-state index contributed by atoms with van der Waals surface area (Å²) in [6.07, 6.45) is 1.68. The van der Waals surface area contributed by atoms with Gasteiger partial charge in [-0.05, 0) is 60.5 Å². The normalized spacial score (nSPS) is 11.0. The van der Waals surface area contributed by atoms with E-state index < -0.39 is 4.92 Å². The molecule has 8 heteroatoms. The van der Waals surface area contributed by atoms with E-state index in [2.05, 4.69) is 6.07 Å². The van der Waals surface area contributed by atoms with Crippen LogP contribution >= 0.6 is 23.2 Å². The third-order valence-corrected chi connectivity index (χ3v) is 5.07. The van der Waals surface area contributed by atoms with Crippen molar-refractivity contribution < 1.29 is 14.4 Å². The molecule has 0 aliphatic carbocycles. The van der Waals surface area contributed by atoms with Crippen LogP contribution in [0.4, 0.5) is 5.69 Å². The monoisotopic (exact) mass is 468 g/mol. The van der Waals surface area contributed by atoms with Gasteiger partial charge in [-0.3, -0.25) is 10.1 Å². The van der Waals surface area contributed by atoms with Gasteiger partial charge in [-0.2, -0.15) is 5.26 Å². The van der Waals surface area contributed by atoms with Gasteiger partial charge in [0, 0.05) is 27.7 Å². The number of hydrogen-bond donors (Lipinski definition) is 0. The van der Waals surface area contributed by atoms with Gasteiger partial charge < -0.3 is 9.47 Å². The number of nitriles is 1. The molecule has 6 nitrogen and oxygen atoms in total. The molecule has 0 aliphatic heterocycles. The molecule has 0 aliphatic rings. The molecule has 0 unspecified atom stereocenters. The minimum absolute atomic E-state index is 0.0352. The van der Waals surface area contributed by atoms with E-state index in [-0.39, 0.29) is 12.3 Å². The zero-order valence-electron chi connectivity index (χ0n) is 17.0. The molecule has 3 rings (SSSR count). The SMILES string of the molecule is CCOc1cc(/C=C(\C#N)c2ccc([N+](=O)[O-])cc2)ccc1OCc1ccc(Cl)cc1Cl. The number of non-ortho nitro benzene ring substituents is 1. The smallest absolute Gasteiger partial charge is 0.269 e. The fourth-order valence-electron chi connectivity index (χ4n) is 2.91. The Kier molecular flexibility index (Phi) is 7.72. The predicted molar refractivity (Wildman–Crippen MR) is 125 cm³/mol. The van der Waals surface area contributed by atoms with Gasteiger partial charge in [-0.25, -0.2) is 0 Å². The molecule has 3 aromatic carbocycles. The van der Waals surface area contributed by atoms with Crippen LogP contribution in [0.5, 0.6) is 11.5 Å². The molecule has 0 spiro atoms. The Morgan fingerprint density at radius 2 is 1.81 bits per heavy atom. The van der Waals surface area contributed by atoms with Gasteiger partial charge in [-0.1, -0.05) is 35.3 Å². The van der Waals surface area contributed by atoms with Crippen molar-refractivity contribution >= 4 is 40.5 Å². The van der Waals surface area contributed by atoms with Crippen molar-refractivity contribution in [2.24, 2.45) is 0 Å². The standard InChI is InChI=1S/C24H18Cl2N2O4/c1-2-31-24-12-16(11-19(14-27)17-5-8-21(9-6-17)28(29)30)3-10-23(24)32-15-18-4-7-20(25)13-22(18)26/h3-13H,2,15H2,1H3/b19-11+. The number of nitro groups is 1. The van der Waals surface area contributed by atoms with E-state index in [0.29, 0.717) is 39.3 Å². The Hall–Kier alpha value is -3.53. The summed E-state index contributed by atoms with van der Waals surface area (Å²) in [5, 5.41) is 21.5. The van der Waals surface area contributed by atoms with Crippen LogP contribution in [-0.2, 0) is 6.61 Å². The van der Waals surface area contributed by atoms with Crippen molar-refractivity contribution in [3.05, 3.63) is 97.5 Å².